The van der Waals surface area contributed by atoms with E-state index in [2.05, 4.69) is 0 Å². The van der Waals surface area contributed by atoms with Crippen molar-refractivity contribution in [3.8, 4) is 0 Å². The first-order valence-corrected chi connectivity index (χ1v) is 8.18. The van der Waals surface area contributed by atoms with Crippen molar-refractivity contribution >= 4 is 11.9 Å². The van der Waals surface area contributed by atoms with Crippen molar-refractivity contribution in [3.63, 3.8) is 0 Å². The quantitative estimate of drug-likeness (QED) is 0.783. The summed E-state index contributed by atoms with van der Waals surface area (Å²) >= 11 is 0. The molecule has 0 radical (unpaired) electrons. The Morgan fingerprint density at radius 3 is 2.87 bits per heavy atom. The smallest absolute Gasteiger partial charge is 0.309 e. The molecule has 1 amide bonds. The molecule has 4 nitrogen and oxygen atoms in total. The zero-order valence-electron chi connectivity index (χ0n) is 13.8. The third kappa shape index (κ3) is 5.05. The van der Waals surface area contributed by atoms with Gasteiger partial charge < -0.3 is 9.64 Å². The van der Waals surface area contributed by atoms with E-state index in [1.54, 1.807) is 24.0 Å². The van der Waals surface area contributed by atoms with Crippen LogP contribution in [-0.2, 0) is 20.7 Å². The third-order valence-electron chi connectivity index (χ3n) is 4.29. The summed E-state index contributed by atoms with van der Waals surface area (Å²) in [6.45, 7) is 4.26. The first-order chi connectivity index (χ1) is 11.0. The Morgan fingerprint density at radius 1 is 1.39 bits per heavy atom. The number of rotatable bonds is 5. The van der Waals surface area contributed by atoms with Crippen molar-refractivity contribution in [2.75, 3.05) is 13.2 Å². The molecule has 23 heavy (non-hydrogen) atoms. The lowest BCUT2D eigenvalue weighted by atomic mass is 10.0. The monoisotopic (exact) mass is 321 g/mol. The summed E-state index contributed by atoms with van der Waals surface area (Å²) in [4.78, 5) is 25.9. The van der Waals surface area contributed by atoms with Crippen LogP contribution in [0.15, 0.2) is 24.3 Å². The molecule has 1 heterocycles. The maximum Gasteiger partial charge on any atom is 0.309 e. The standard InChI is InChI=1S/C18H24FNO3/c1-13(10-15-7-5-8-16(19)11-15)18(22)23-12-17(21)20-9-4-3-6-14(20)2/h5,7-8,11,13-14H,3-4,6,9-10,12H2,1-2H3. The second-order valence-corrected chi connectivity index (χ2v) is 6.27. The lowest BCUT2D eigenvalue weighted by Crippen LogP contribution is -2.44. The molecule has 0 aliphatic carbocycles. The summed E-state index contributed by atoms with van der Waals surface area (Å²) in [7, 11) is 0. The predicted molar refractivity (Wildman–Crippen MR) is 85.3 cm³/mol. The van der Waals surface area contributed by atoms with E-state index in [4.69, 9.17) is 4.74 Å². The van der Waals surface area contributed by atoms with Crippen molar-refractivity contribution in [1.29, 1.82) is 0 Å². The van der Waals surface area contributed by atoms with Gasteiger partial charge in [-0.05, 0) is 50.3 Å². The molecule has 2 atom stereocenters. The maximum atomic E-state index is 13.1. The van der Waals surface area contributed by atoms with Crippen LogP contribution in [0.1, 0.15) is 38.7 Å². The number of hydrogen-bond donors (Lipinski definition) is 0. The van der Waals surface area contributed by atoms with Crippen LogP contribution in [0.3, 0.4) is 0 Å². The molecule has 1 aliphatic rings. The van der Waals surface area contributed by atoms with Gasteiger partial charge in [0.2, 0.25) is 0 Å². The first-order valence-electron chi connectivity index (χ1n) is 8.18. The number of likely N-dealkylation sites (tertiary alicyclic amines) is 1. The highest BCUT2D eigenvalue weighted by atomic mass is 19.1. The lowest BCUT2D eigenvalue weighted by Gasteiger charge is -2.33. The zero-order chi connectivity index (χ0) is 16.8. The topological polar surface area (TPSA) is 46.6 Å². The number of hydrogen-bond acceptors (Lipinski definition) is 3. The van der Waals surface area contributed by atoms with E-state index in [0.717, 1.165) is 31.4 Å². The number of nitrogens with zero attached hydrogens (tertiary/aromatic N) is 1. The van der Waals surface area contributed by atoms with Crippen molar-refractivity contribution in [1.82, 2.24) is 4.90 Å². The highest BCUT2D eigenvalue weighted by Gasteiger charge is 2.24. The van der Waals surface area contributed by atoms with Gasteiger partial charge >= 0.3 is 5.97 Å². The van der Waals surface area contributed by atoms with Gasteiger partial charge in [0.05, 0.1) is 5.92 Å². The van der Waals surface area contributed by atoms with Crippen LogP contribution in [0.2, 0.25) is 0 Å². The molecule has 1 fully saturated rings. The molecular weight excluding hydrogens is 297 g/mol. The van der Waals surface area contributed by atoms with Gasteiger partial charge in [0, 0.05) is 12.6 Å². The summed E-state index contributed by atoms with van der Waals surface area (Å²) in [5, 5.41) is 0. The number of amides is 1. The summed E-state index contributed by atoms with van der Waals surface area (Å²) in [5.41, 5.74) is 0.741. The van der Waals surface area contributed by atoms with Gasteiger partial charge in [0.25, 0.3) is 5.91 Å². The molecule has 0 N–H and O–H groups in total. The van der Waals surface area contributed by atoms with Gasteiger partial charge in [0.15, 0.2) is 6.61 Å². The van der Waals surface area contributed by atoms with E-state index in [9.17, 15) is 14.0 Å². The van der Waals surface area contributed by atoms with E-state index in [1.807, 2.05) is 6.92 Å². The number of benzene rings is 1. The van der Waals surface area contributed by atoms with Crippen LogP contribution in [0.25, 0.3) is 0 Å². The Balaban J connectivity index is 1.80. The van der Waals surface area contributed by atoms with Gasteiger partial charge in [-0.1, -0.05) is 19.1 Å². The Hall–Kier alpha value is -1.91. The summed E-state index contributed by atoms with van der Waals surface area (Å²) in [6.07, 6.45) is 3.52. The molecule has 1 saturated heterocycles. The van der Waals surface area contributed by atoms with Crippen LogP contribution >= 0.6 is 0 Å². The van der Waals surface area contributed by atoms with Crippen molar-refractivity contribution in [3.05, 3.63) is 35.6 Å². The minimum Gasteiger partial charge on any atom is -0.455 e. The fourth-order valence-corrected chi connectivity index (χ4v) is 2.93. The van der Waals surface area contributed by atoms with Crippen LogP contribution in [0.5, 0.6) is 0 Å². The molecule has 1 aromatic carbocycles. The summed E-state index contributed by atoms with van der Waals surface area (Å²) in [5.74, 6) is -1.29. The predicted octanol–water partition coefficient (Wildman–Crippen LogP) is 2.95. The molecule has 1 aliphatic heterocycles. The van der Waals surface area contributed by atoms with Crippen molar-refractivity contribution in [2.45, 2.75) is 45.6 Å². The molecule has 0 spiro atoms. The Morgan fingerprint density at radius 2 is 2.17 bits per heavy atom. The molecule has 2 unspecified atom stereocenters. The van der Waals surface area contributed by atoms with Crippen LogP contribution in [0, 0.1) is 11.7 Å². The Bertz CT molecular complexity index is 561. The average Bonchev–Trinajstić information content (AvgIpc) is 2.52. The maximum absolute atomic E-state index is 13.1. The molecule has 2 rings (SSSR count). The number of carbonyl (C=O) groups excluding carboxylic acids is 2. The molecule has 126 valence electrons. The van der Waals surface area contributed by atoms with Gasteiger partial charge in [0.1, 0.15) is 5.82 Å². The molecule has 0 bridgehead atoms. The highest BCUT2D eigenvalue weighted by Crippen LogP contribution is 2.17. The highest BCUT2D eigenvalue weighted by molar-refractivity contribution is 5.81. The van der Waals surface area contributed by atoms with Gasteiger partial charge in [-0.25, -0.2) is 4.39 Å². The average molecular weight is 321 g/mol. The van der Waals surface area contributed by atoms with Crippen LogP contribution < -0.4 is 0 Å². The molecular formula is C18H24FNO3. The minimum absolute atomic E-state index is 0.136. The molecule has 1 aromatic rings. The number of piperidine rings is 1. The van der Waals surface area contributed by atoms with E-state index < -0.39 is 11.9 Å². The number of halogens is 1. The molecule has 0 aromatic heterocycles. The minimum atomic E-state index is -0.424. The van der Waals surface area contributed by atoms with E-state index in [1.165, 1.54) is 12.1 Å². The normalized spacial score (nSPS) is 19.3. The second kappa shape index (κ2) is 8.09. The van der Waals surface area contributed by atoms with Crippen molar-refractivity contribution < 1.29 is 18.7 Å². The van der Waals surface area contributed by atoms with E-state index in [0.29, 0.717) is 6.42 Å². The number of ether oxygens (including phenoxy) is 1. The third-order valence-corrected chi connectivity index (χ3v) is 4.29. The molecule has 5 heteroatoms. The first kappa shape index (κ1) is 17.4. The number of carbonyl (C=O) groups is 2. The number of esters is 1. The van der Waals surface area contributed by atoms with E-state index >= 15 is 0 Å². The largest absolute Gasteiger partial charge is 0.455 e. The fraction of sp³-hybridized carbons (Fsp3) is 0.556. The van der Waals surface area contributed by atoms with Crippen LogP contribution in [0.4, 0.5) is 4.39 Å². The Kier molecular flexibility index (Phi) is 6.13. The lowest BCUT2D eigenvalue weighted by molar-refractivity contribution is -0.156. The second-order valence-electron chi connectivity index (χ2n) is 6.27. The van der Waals surface area contributed by atoms with Gasteiger partial charge in [-0.2, -0.15) is 0 Å². The summed E-state index contributed by atoms with van der Waals surface area (Å²) < 4.78 is 18.3. The fourth-order valence-electron chi connectivity index (χ4n) is 2.93. The Labute approximate surface area is 136 Å². The summed E-state index contributed by atoms with van der Waals surface area (Å²) in [6, 6.07) is 6.37. The zero-order valence-corrected chi connectivity index (χ0v) is 13.8. The molecule has 0 saturated carbocycles. The SMILES string of the molecule is CC(Cc1cccc(F)c1)C(=O)OCC(=O)N1CCCCC1C. The van der Waals surface area contributed by atoms with Gasteiger partial charge in [-0.3, -0.25) is 9.59 Å². The van der Waals surface area contributed by atoms with Gasteiger partial charge in [-0.15, -0.1) is 0 Å². The van der Waals surface area contributed by atoms with Crippen LogP contribution in [-0.4, -0.2) is 36.0 Å². The van der Waals surface area contributed by atoms with E-state index in [-0.39, 0.29) is 24.4 Å². The van der Waals surface area contributed by atoms with Crippen molar-refractivity contribution in [2.24, 2.45) is 5.92 Å².